The van der Waals surface area contributed by atoms with Gasteiger partial charge in [-0.2, -0.15) is 0 Å². The molecule has 1 aliphatic heterocycles. The van der Waals surface area contributed by atoms with E-state index in [-0.39, 0.29) is 0 Å². The van der Waals surface area contributed by atoms with Crippen molar-refractivity contribution in [1.29, 1.82) is 0 Å². The molecule has 0 bridgehead atoms. The summed E-state index contributed by atoms with van der Waals surface area (Å²) in [5.41, 5.74) is 2.71. The predicted octanol–water partition coefficient (Wildman–Crippen LogP) is 3.01. The fourth-order valence-corrected chi connectivity index (χ4v) is 2.64. The Bertz CT molecular complexity index is 452. The van der Waals surface area contributed by atoms with E-state index in [0.29, 0.717) is 0 Å². The lowest BCUT2D eigenvalue weighted by molar-refractivity contribution is 0.152. The Balaban J connectivity index is 1.47. The van der Waals surface area contributed by atoms with Crippen molar-refractivity contribution in [3.63, 3.8) is 0 Å². The van der Waals surface area contributed by atoms with Crippen molar-refractivity contribution in [2.75, 3.05) is 26.2 Å². The van der Waals surface area contributed by atoms with E-state index in [1.165, 1.54) is 11.1 Å². The van der Waals surface area contributed by atoms with E-state index in [4.69, 9.17) is 0 Å². The third kappa shape index (κ3) is 3.69. The summed E-state index contributed by atoms with van der Waals surface area (Å²) >= 11 is 0. The van der Waals surface area contributed by atoms with Gasteiger partial charge in [-0.05, 0) is 11.1 Å². The molecule has 0 N–H and O–H groups in total. The minimum absolute atomic E-state index is 1.07. The van der Waals surface area contributed by atoms with Gasteiger partial charge in [0.05, 0.1) is 6.54 Å². The quantitative estimate of drug-likeness (QED) is 0.838. The molecule has 0 aromatic heterocycles. The van der Waals surface area contributed by atoms with E-state index < -0.39 is 0 Å². The fourth-order valence-electron chi connectivity index (χ4n) is 2.64. The number of benzene rings is 2. The summed E-state index contributed by atoms with van der Waals surface area (Å²) < 4.78 is 0. The van der Waals surface area contributed by atoms with E-state index in [1.54, 1.807) is 0 Å². The molecule has 2 heteroatoms. The average molecular weight is 265 g/mol. The van der Waals surface area contributed by atoms with Crippen LogP contribution < -0.4 is 0 Å². The maximum atomic E-state index is 2.53. The van der Waals surface area contributed by atoms with Crippen LogP contribution in [0.25, 0.3) is 0 Å². The van der Waals surface area contributed by atoms with Crippen molar-refractivity contribution in [3.05, 3.63) is 78.3 Å². The Morgan fingerprint density at radius 1 is 0.750 bits per heavy atom. The molecule has 3 rings (SSSR count). The van der Waals surface area contributed by atoms with E-state index in [1.807, 2.05) is 0 Å². The maximum Gasteiger partial charge on any atom is 0.0546 e. The van der Waals surface area contributed by atoms with E-state index in [9.17, 15) is 0 Å². The van der Waals surface area contributed by atoms with Crippen LogP contribution in [0.15, 0.2) is 60.7 Å². The van der Waals surface area contributed by atoms with Gasteiger partial charge in [-0.15, -0.1) is 0 Å². The number of hydrogen-bond acceptors (Lipinski definition) is 2. The maximum absolute atomic E-state index is 2.53. The van der Waals surface area contributed by atoms with Crippen LogP contribution in [0, 0.1) is 6.54 Å². The minimum atomic E-state index is 1.07. The van der Waals surface area contributed by atoms with Gasteiger partial charge in [0.1, 0.15) is 0 Å². The Hall–Kier alpha value is -1.64. The smallest absolute Gasteiger partial charge is 0.0546 e. The summed E-state index contributed by atoms with van der Waals surface area (Å²) in [5.74, 6) is 0. The van der Waals surface area contributed by atoms with Crippen LogP contribution in [0.3, 0.4) is 0 Å². The fraction of sp³-hybridized carbons (Fsp3) is 0.278. The molecule has 1 heterocycles. The molecule has 1 fully saturated rings. The van der Waals surface area contributed by atoms with Crippen molar-refractivity contribution in [2.24, 2.45) is 0 Å². The van der Waals surface area contributed by atoms with Gasteiger partial charge in [-0.3, -0.25) is 9.80 Å². The highest BCUT2D eigenvalue weighted by atomic mass is 15.3. The first kappa shape index (κ1) is 13.3. The number of nitrogens with zero attached hydrogens (tertiary/aromatic N) is 2. The van der Waals surface area contributed by atoms with Crippen LogP contribution in [0.1, 0.15) is 11.1 Å². The summed E-state index contributed by atoms with van der Waals surface area (Å²) in [6, 6.07) is 21.3. The second-order valence-electron chi connectivity index (χ2n) is 5.34. The molecule has 2 nitrogen and oxygen atoms in total. The zero-order valence-electron chi connectivity index (χ0n) is 11.8. The second-order valence-corrected chi connectivity index (χ2v) is 5.34. The highest BCUT2D eigenvalue weighted by Crippen LogP contribution is 2.12. The van der Waals surface area contributed by atoms with Gasteiger partial charge in [-0.25, -0.2) is 0 Å². The van der Waals surface area contributed by atoms with Crippen molar-refractivity contribution in [2.45, 2.75) is 6.54 Å². The third-order valence-electron chi connectivity index (χ3n) is 3.79. The first-order valence-corrected chi connectivity index (χ1v) is 7.30. The van der Waals surface area contributed by atoms with E-state index in [2.05, 4.69) is 77.0 Å². The zero-order chi connectivity index (χ0) is 13.6. The Labute approximate surface area is 121 Å². The first-order chi connectivity index (χ1) is 9.90. The van der Waals surface area contributed by atoms with Crippen LogP contribution >= 0.6 is 0 Å². The van der Waals surface area contributed by atoms with E-state index in [0.717, 1.165) is 32.7 Å². The van der Waals surface area contributed by atoms with Gasteiger partial charge in [0.2, 0.25) is 0 Å². The molecular weight excluding hydrogens is 244 g/mol. The van der Waals surface area contributed by atoms with Gasteiger partial charge in [0, 0.05) is 32.7 Å². The average Bonchev–Trinajstić information content (AvgIpc) is 2.51. The summed E-state index contributed by atoms with van der Waals surface area (Å²) in [4.78, 5) is 4.96. The largest absolute Gasteiger partial charge is 0.297 e. The van der Waals surface area contributed by atoms with Gasteiger partial charge >= 0.3 is 0 Å². The molecule has 0 aliphatic carbocycles. The van der Waals surface area contributed by atoms with Gasteiger partial charge in [-0.1, -0.05) is 60.7 Å². The molecule has 0 atom stereocenters. The Kier molecular flexibility index (Phi) is 4.46. The molecule has 0 amide bonds. The standard InChI is InChI=1S/C18H21N2/c1-3-7-17(8-4-1)15-19-11-13-20(14-12-19)16-18-9-5-2-6-10-18/h1-10,15H,11-14,16H2. The van der Waals surface area contributed by atoms with Gasteiger partial charge in [0.15, 0.2) is 0 Å². The van der Waals surface area contributed by atoms with E-state index >= 15 is 0 Å². The van der Waals surface area contributed by atoms with Crippen LogP contribution in [-0.4, -0.2) is 36.0 Å². The SMILES string of the molecule is [CH](c1ccccc1)N1CCN(Cc2ccccc2)CC1. The highest BCUT2D eigenvalue weighted by Gasteiger charge is 2.17. The van der Waals surface area contributed by atoms with Gasteiger partial charge < -0.3 is 0 Å². The lowest BCUT2D eigenvalue weighted by atomic mass is 10.1. The monoisotopic (exact) mass is 265 g/mol. The topological polar surface area (TPSA) is 6.48 Å². The number of rotatable bonds is 4. The summed E-state index contributed by atoms with van der Waals surface area (Å²) in [6.07, 6.45) is 0. The molecule has 2 aromatic carbocycles. The number of piperazine rings is 1. The van der Waals surface area contributed by atoms with Crippen LogP contribution in [0.2, 0.25) is 0 Å². The zero-order valence-corrected chi connectivity index (χ0v) is 11.8. The van der Waals surface area contributed by atoms with Crippen molar-refractivity contribution in [3.8, 4) is 0 Å². The molecular formula is C18H21N2. The highest BCUT2D eigenvalue weighted by molar-refractivity contribution is 5.22. The molecule has 0 unspecified atom stereocenters. The van der Waals surface area contributed by atoms with Crippen LogP contribution in [0.5, 0.6) is 0 Å². The lowest BCUT2D eigenvalue weighted by Gasteiger charge is -2.34. The third-order valence-corrected chi connectivity index (χ3v) is 3.79. The molecule has 20 heavy (non-hydrogen) atoms. The first-order valence-electron chi connectivity index (χ1n) is 7.30. The number of hydrogen-bond donors (Lipinski definition) is 0. The lowest BCUT2D eigenvalue weighted by Crippen LogP contribution is -2.44. The Morgan fingerprint density at radius 2 is 1.35 bits per heavy atom. The summed E-state index contributed by atoms with van der Waals surface area (Å²) in [7, 11) is 0. The predicted molar refractivity (Wildman–Crippen MR) is 83.1 cm³/mol. The summed E-state index contributed by atoms with van der Waals surface area (Å²) in [6.45, 7) is 7.85. The van der Waals surface area contributed by atoms with Crippen LogP contribution in [0.4, 0.5) is 0 Å². The molecule has 103 valence electrons. The molecule has 0 saturated carbocycles. The van der Waals surface area contributed by atoms with Gasteiger partial charge in [0.25, 0.3) is 0 Å². The Morgan fingerprint density at radius 3 is 2.00 bits per heavy atom. The molecule has 2 aromatic rings. The second kappa shape index (κ2) is 6.69. The van der Waals surface area contributed by atoms with Crippen LogP contribution in [-0.2, 0) is 6.54 Å². The molecule has 1 radical (unpaired) electrons. The molecule has 1 aliphatic rings. The van der Waals surface area contributed by atoms with Crippen molar-refractivity contribution >= 4 is 0 Å². The minimum Gasteiger partial charge on any atom is -0.297 e. The van der Waals surface area contributed by atoms with Crippen molar-refractivity contribution < 1.29 is 0 Å². The molecule has 0 spiro atoms. The molecule has 1 saturated heterocycles. The van der Waals surface area contributed by atoms with Crippen molar-refractivity contribution in [1.82, 2.24) is 9.80 Å². The normalized spacial score (nSPS) is 17.2. The summed E-state index contributed by atoms with van der Waals surface area (Å²) in [5, 5.41) is 0.